The molecule has 132 valence electrons. The molecule has 1 saturated heterocycles. The van der Waals surface area contributed by atoms with E-state index in [0.29, 0.717) is 18.7 Å². The first-order valence-electron chi connectivity index (χ1n) is 8.75. The van der Waals surface area contributed by atoms with Gasteiger partial charge in [-0.2, -0.15) is 0 Å². The van der Waals surface area contributed by atoms with Crippen LogP contribution in [-0.4, -0.2) is 25.8 Å². The Morgan fingerprint density at radius 2 is 1.92 bits per heavy atom. The van der Waals surface area contributed by atoms with Gasteiger partial charge in [-0.05, 0) is 30.4 Å². The molecule has 0 radical (unpaired) electrons. The monoisotopic (exact) mass is 345 g/mol. The van der Waals surface area contributed by atoms with Crippen LogP contribution in [0.15, 0.2) is 42.5 Å². The number of benzene rings is 2. The highest BCUT2D eigenvalue weighted by Crippen LogP contribution is 2.46. The first kappa shape index (κ1) is 16.5. The molecule has 5 heteroatoms. The van der Waals surface area contributed by atoms with Crippen LogP contribution < -0.4 is 10.1 Å². The van der Waals surface area contributed by atoms with E-state index in [9.17, 15) is 8.78 Å². The predicted molar refractivity (Wildman–Crippen MR) is 90.8 cm³/mol. The molecule has 1 unspecified atom stereocenters. The van der Waals surface area contributed by atoms with Crippen molar-refractivity contribution < 1.29 is 18.3 Å². The van der Waals surface area contributed by atoms with Gasteiger partial charge in [-0.1, -0.05) is 30.3 Å². The minimum Gasteiger partial charge on any atom is -0.480 e. The molecule has 25 heavy (non-hydrogen) atoms. The number of halogens is 2. The summed E-state index contributed by atoms with van der Waals surface area (Å²) in [6.07, 6.45) is 1.20. The summed E-state index contributed by atoms with van der Waals surface area (Å²) in [4.78, 5) is 0. The first-order chi connectivity index (χ1) is 12.2. The molecule has 0 spiro atoms. The molecular weight excluding hydrogens is 324 g/mol. The summed E-state index contributed by atoms with van der Waals surface area (Å²) in [5.41, 5.74) is 1.55. The predicted octanol–water partition coefficient (Wildman–Crippen LogP) is 3.95. The highest BCUT2D eigenvalue weighted by molar-refractivity contribution is 5.41. The minimum absolute atomic E-state index is 0.159. The van der Waals surface area contributed by atoms with E-state index < -0.39 is 17.7 Å². The van der Waals surface area contributed by atoms with Crippen molar-refractivity contribution in [2.75, 3.05) is 19.7 Å². The Morgan fingerprint density at radius 3 is 2.60 bits per heavy atom. The van der Waals surface area contributed by atoms with Gasteiger partial charge in [0, 0.05) is 24.7 Å². The van der Waals surface area contributed by atoms with E-state index in [-0.39, 0.29) is 17.8 Å². The molecule has 3 nitrogen and oxygen atoms in total. The van der Waals surface area contributed by atoms with E-state index in [1.165, 1.54) is 6.07 Å². The molecule has 2 atom stereocenters. The number of morpholine rings is 1. The fourth-order valence-electron chi connectivity index (χ4n) is 3.31. The van der Waals surface area contributed by atoms with Crippen molar-refractivity contribution in [1.82, 2.24) is 5.32 Å². The molecule has 2 aliphatic rings. The van der Waals surface area contributed by atoms with Crippen molar-refractivity contribution in [2.24, 2.45) is 0 Å². The highest BCUT2D eigenvalue weighted by Gasteiger charge is 2.33. The number of nitrogens with one attached hydrogen (secondary N) is 1. The number of hydrogen-bond donors (Lipinski definition) is 1. The SMILES string of the molecule is Fc1cc(F)c(OC(c2ccccc2)[C@@H]2CNCCO2)c(C2CC2)c1. The summed E-state index contributed by atoms with van der Waals surface area (Å²) in [7, 11) is 0. The zero-order valence-electron chi connectivity index (χ0n) is 13.9. The van der Waals surface area contributed by atoms with Crippen LogP contribution in [0.3, 0.4) is 0 Å². The van der Waals surface area contributed by atoms with Crippen LogP contribution in [0.1, 0.15) is 36.0 Å². The second kappa shape index (κ2) is 7.10. The van der Waals surface area contributed by atoms with E-state index in [1.807, 2.05) is 30.3 Å². The Kier molecular flexibility index (Phi) is 4.68. The molecule has 1 aliphatic carbocycles. The molecular formula is C20H21F2NO2. The molecule has 1 aliphatic heterocycles. The van der Waals surface area contributed by atoms with E-state index in [2.05, 4.69) is 5.32 Å². The Hall–Kier alpha value is -1.98. The lowest BCUT2D eigenvalue weighted by Gasteiger charge is -2.32. The number of hydrogen-bond acceptors (Lipinski definition) is 3. The smallest absolute Gasteiger partial charge is 0.168 e. The van der Waals surface area contributed by atoms with Gasteiger partial charge in [-0.25, -0.2) is 8.78 Å². The van der Waals surface area contributed by atoms with Gasteiger partial charge in [0.1, 0.15) is 11.9 Å². The van der Waals surface area contributed by atoms with Crippen LogP contribution in [0.25, 0.3) is 0 Å². The van der Waals surface area contributed by atoms with E-state index in [1.54, 1.807) is 0 Å². The molecule has 2 fully saturated rings. The quantitative estimate of drug-likeness (QED) is 0.890. The summed E-state index contributed by atoms with van der Waals surface area (Å²) in [5.74, 6) is -0.862. The molecule has 1 heterocycles. The summed E-state index contributed by atoms with van der Waals surface area (Å²) < 4.78 is 40.2. The first-order valence-corrected chi connectivity index (χ1v) is 8.75. The van der Waals surface area contributed by atoms with Crippen LogP contribution in [0.5, 0.6) is 5.75 Å². The fourth-order valence-corrected chi connectivity index (χ4v) is 3.31. The second-order valence-corrected chi connectivity index (χ2v) is 6.64. The lowest BCUT2D eigenvalue weighted by Crippen LogP contribution is -2.43. The number of ether oxygens (including phenoxy) is 2. The third kappa shape index (κ3) is 3.67. The van der Waals surface area contributed by atoms with Crippen molar-refractivity contribution in [3.63, 3.8) is 0 Å². The van der Waals surface area contributed by atoms with Gasteiger partial charge in [-0.15, -0.1) is 0 Å². The standard InChI is InChI=1S/C20H21F2NO2/c21-15-10-16(13-6-7-13)20(17(22)11-15)25-19(14-4-2-1-3-5-14)18-12-23-8-9-24-18/h1-5,10-11,13,18-19,23H,6-9,12H2/t18-,19?/m0/s1. The molecule has 2 aromatic rings. The molecule has 0 aromatic heterocycles. The largest absolute Gasteiger partial charge is 0.480 e. The summed E-state index contributed by atoms with van der Waals surface area (Å²) >= 11 is 0. The van der Waals surface area contributed by atoms with E-state index >= 15 is 0 Å². The van der Waals surface area contributed by atoms with Crippen molar-refractivity contribution in [3.05, 3.63) is 65.2 Å². The minimum atomic E-state index is -0.647. The normalized spacial score (nSPS) is 21.8. The van der Waals surface area contributed by atoms with Gasteiger partial charge in [-0.3, -0.25) is 0 Å². The van der Waals surface area contributed by atoms with Crippen molar-refractivity contribution in [2.45, 2.75) is 31.0 Å². The Bertz CT molecular complexity index is 728. The highest BCUT2D eigenvalue weighted by atomic mass is 19.1. The molecule has 0 amide bonds. The van der Waals surface area contributed by atoms with Gasteiger partial charge in [0.05, 0.1) is 6.61 Å². The van der Waals surface area contributed by atoms with Crippen LogP contribution in [0.4, 0.5) is 8.78 Å². The second-order valence-electron chi connectivity index (χ2n) is 6.64. The lowest BCUT2D eigenvalue weighted by molar-refractivity contribution is -0.0445. The van der Waals surface area contributed by atoms with Gasteiger partial charge >= 0.3 is 0 Å². The van der Waals surface area contributed by atoms with Crippen molar-refractivity contribution >= 4 is 0 Å². The van der Waals surface area contributed by atoms with Gasteiger partial charge < -0.3 is 14.8 Å². The van der Waals surface area contributed by atoms with Gasteiger partial charge in [0.15, 0.2) is 17.7 Å². The summed E-state index contributed by atoms with van der Waals surface area (Å²) in [6, 6.07) is 12.0. The molecule has 0 bridgehead atoms. The Morgan fingerprint density at radius 1 is 1.12 bits per heavy atom. The maximum atomic E-state index is 14.5. The maximum Gasteiger partial charge on any atom is 0.168 e. The third-order valence-corrected chi connectivity index (χ3v) is 4.72. The molecule has 1 saturated carbocycles. The van der Waals surface area contributed by atoms with Gasteiger partial charge in [0.2, 0.25) is 0 Å². The zero-order valence-corrected chi connectivity index (χ0v) is 13.9. The zero-order chi connectivity index (χ0) is 17.2. The topological polar surface area (TPSA) is 30.5 Å². The molecule has 1 N–H and O–H groups in total. The third-order valence-electron chi connectivity index (χ3n) is 4.72. The Balaban J connectivity index is 1.69. The fraction of sp³-hybridized carbons (Fsp3) is 0.400. The average molecular weight is 345 g/mol. The van der Waals surface area contributed by atoms with E-state index in [0.717, 1.165) is 31.0 Å². The van der Waals surface area contributed by atoms with Crippen LogP contribution in [0, 0.1) is 11.6 Å². The van der Waals surface area contributed by atoms with Crippen molar-refractivity contribution in [3.8, 4) is 5.75 Å². The van der Waals surface area contributed by atoms with Crippen LogP contribution in [0.2, 0.25) is 0 Å². The van der Waals surface area contributed by atoms with Crippen LogP contribution in [-0.2, 0) is 4.74 Å². The molecule has 4 rings (SSSR count). The summed E-state index contributed by atoms with van der Waals surface area (Å²) in [5, 5.41) is 3.29. The van der Waals surface area contributed by atoms with Crippen molar-refractivity contribution in [1.29, 1.82) is 0 Å². The van der Waals surface area contributed by atoms with Crippen LogP contribution >= 0.6 is 0 Å². The number of rotatable bonds is 5. The average Bonchev–Trinajstić information content (AvgIpc) is 3.47. The Labute approximate surface area is 146 Å². The van der Waals surface area contributed by atoms with E-state index in [4.69, 9.17) is 9.47 Å². The maximum absolute atomic E-state index is 14.5. The molecule has 2 aromatic carbocycles. The van der Waals surface area contributed by atoms with Gasteiger partial charge in [0.25, 0.3) is 0 Å². The summed E-state index contributed by atoms with van der Waals surface area (Å²) in [6.45, 7) is 2.00. The lowest BCUT2D eigenvalue weighted by atomic mass is 10.0.